The molecule has 8 atom stereocenters. The minimum Gasteiger partial charge on any atom is -0.444 e. The average Bonchev–Trinajstić information content (AvgIpc) is 4.27. The van der Waals surface area contributed by atoms with Gasteiger partial charge in [-0.15, -0.1) is 0 Å². The largest absolute Gasteiger partial charge is 0.444 e. The minimum atomic E-state index is -0.631. The van der Waals surface area contributed by atoms with E-state index in [4.69, 9.17) is 39.9 Å². The number of fused-ring (bicyclic) bond motifs is 4. The molecule has 12 rings (SSSR count). The van der Waals surface area contributed by atoms with Crippen LogP contribution < -0.4 is 11.5 Å². The lowest BCUT2D eigenvalue weighted by Gasteiger charge is -2.42. The number of carbonyl (C=O) groups excluding carboxylic acids is 2. The lowest BCUT2D eigenvalue weighted by Crippen LogP contribution is -2.45. The molecule has 4 aliphatic carbocycles. The molecule has 0 bridgehead atoms. The lowest BCUT2D eigenvalue weighted by atomic mass is 9.70. The number of nitrogens with two attached hydrogens (primary N) is 2. The molecular formula is C58H82N10O8. The van der Waals surface area contributed by atoms with E-state index in [0.717, 1.165) is 112 Å². The molecule has 8 heterocycles. The topological polar surface area (TPSA) is 209 Å². The molecule has 0 radical (unpaired) electrons. The average molecular weight is 1050 g/mol. The Labute approximate surface area is 447 Å². The zero-order valence-corrected chi connectivity index (χ0v) is 46.5. The van der Waals surface area contributed by atoms with E-state index in [0.29, 0.717) is 17.6 Å². The molecule has 4 N–H and O–H groups in total. The predicted molar refractivity (Wildman–Crippen MR) is 289 cm³/mol. The number of nitrogens with zero attached hydrogens (tertiary/aromatic N) is 8. The van der Waals surface area contributed by atoms with E-state index >= 15 is 0 Å². The molecule has 18 heteroatoms. The molecule has 4 aromatic heterocycles. The number of likely N-dealkylation sites (tertiary alicyclic amines) is 2. The summed E-state index contributed by atoms with van der Waals surface area (Å²) >= 11 is 0. The molecule has 0 aromatic carbocycles. The Hall–Kier alpha value is -5.30. The van der Waals surface area contributed by atoms with Gasteiger partial charge in [0.1, 0.15) is 59.0 Å². The summed E-state index contributed by atoms with van der Waals surface area (Å²) in [7, 11) is 0. The molecule has 76 heavy (non-hydrogen) atoms. The maximum absolute atomic E-state index is 12.7. The number of rotatable bonds is 5. The van der Waals surface area contributed by atoms with Crippen LogP contribution in [0.25, 0.3) is 22.1 Å². The number of hydrogen-bond donors (Lipinski definition) is 2. The summed E-state index contributed by atoms with van der Waals surface area (Å²) in [6.45, 7) is 22.5. The molecule has 4 saturated heterocycles. The van der Waals surface area contributed by atoms with Crippen molar-refractivity contribution in [2.24, 2.45) is 22.7 Å². The number of allylic oxidation sites excluding steroid dienone is 3. The normalized spacial score (nSPS) is 30.8. The van der Waals surface area contributed by atoms with Gasteiger partial charge in [-0.05, 0) is 175 Å². The van der Waals surface area contributed by atoms with Crippen LogP contribution in [-0.4, -0.2) is 124 Å². The number of aromatic nitrogens is 6. The number of carbonyl (C=O) groups is 2. The van der Waals surface area contributed by atoms with Crippen molar-refractivity contribution in [3.05, 3.63) is 60.5 Å². The van der Waals surface area contributed by atoms with Crippen LogP contribution >= 0.6 is 0 Å². The molecule has 412 valence electrons. The molecule has 3 saturated carbocycles. The van der Waals surface area contributed by atoms with Crippen LogP contribution in [0.15, 0.2) is 60.5 Å². The van der Waals surface area contributed by atoms with Crippen molar-refractivity contribution in [1.82, 2.24) is 38.9 Å². The molecule has 2 amide bonds. The van der Waals surface area contributed by atoms with Gasteiger partial charge in [0.15, 0.2) is 11.6 Å². The van der Waals surface area contributed by atoms with Crippen molar-refractivity contribution < 1.29 is 38.0 Å². The number of hydrogen-bond acceptors (Lipinski definition) is 14. The number of amides is 2. The van der Waals surface area contributed by atoms with Gasteiger partial charge in [-0.2, -0.15) is 0 Å². The van der Waals surface area contributed by atoms with Gasteiger partial charge in [-0.25, -0.2) is 29.5 Å². The van der Waals surface area contributed by atoms with Gasteiger partial charge >= 0.3 is 12.2 Å². The third-order valence-electron chi connectivity index (χ3n) is 17.9. The van der Waals surface area contributed by atoms with Gasteiger partial charge in [0.05, 0.1) is 35.1 Å². The molecule has 8 aliphatic rings. The Bertz CT molecular complexity index is 2890. The van der Waals surface area contributed by atoms with Crippen molar-refractivity contribution in [3.63, 3.8) is 0 Å². The van der Waals surface area contributed by atoms with Gasteiger partial charge in [-0.3, -0.25) is 0 Å². The zero-order chi connectivity index (χ0) is 53.7. The van der Waals surface area contributed by atoms with Crippen molar-refractivity contribution in [2.45, 2.75) is 206 Å². The first kappa shape index (κ1) is 52.7. The first-order valence-electron chi connectivity index (χ1n) is 28.1. The number of ether oxygens (including phenoxy) is 6. The highest BCUT2D eigenvalue weighted by Crippen LogP contribution is 2.56. The molecule has 4 aromatic rings. The highest BCUT2D eigenvalue weighted by molar-refractivity contribution is 5.87. The first-order valence-corrected chi connectivity index (χ1v) is 28.1. The zero-order valence-electron chi connectivity index (χ0n) is 46.5. The molecule has 2 spiro atoms. The van der Waals surface area contributed by atoms with Gasteiger partial charge in [0, 0.05) is 44.5 Å². The Kier molecular flexibility index (Phi) is 13.4. The second-order valence-corrected chi connectivity index (χ2v) is 26.1. The lowest BCUT2D eigenvalue weighted by molar-refractivity contribution is -0.160. The molecule has 0 unspecified atom stereocenters. The van der Waals surface area contributed by atoms with Gasteiger partial charge in [-0.1, -0.05) is 23.3 Å². The van der Waals surface area contributed by atoms with E-state index in [1.54, 1.807) is 11.1 Å². The van der Waals surface area contributed by atoms with Crippen LogP contribution in [0, 0.1) is 22.7 Å². The van der Waals surface area contributed by atoms with E-state index in [1.165, 1.54) is 25.5 Å². The fourth-order valence-electron chi connectivity index (χ4n) is 14.5. The van der Waals surface area contributed by atoms with Crippen LogP contribution in [0.2, 0.25) is 0 Å². The summed E-state index contributed by atoms with van der Waals surface area (Å²) in [5.41, 5.74) is 16.4. The predicted octanol–water partition coefficient (Wildman–Crippen LogP) is 10.4. The summed E-state index contributed by atoms with van der Waals surface area (Å²) in [5, 5.41) is 1.75. The van der Waals surface area contributed by atoms with Crippen LogP contribution in [-0.2, 0) is 28.4 Å². The molecule has 18 nitrogen and oxygen atoms in total. The molecular weight excluding hydrogens is 965 g/mol. The van der Waals surface area contributed by atoms with E-state index in [-0.39, 0.29) is 65.4 Å². The second-order valence-electron chi connectivity index (χ2n) is 26.1. The third-order valence-corrected chi connectivity index (χ3v) is 17.9. The van der Waals surface area contributed by atoms with E-state index in [9.17, 15) is 9.59 Å². The third kappa shape index (κ3) is 10.1. The Morgan fingerprint density at radius 1 is 0.658 bits per heavy atom. The monoisotopic (exact) mass is 1050 g/mol. The summed E-state index contributed by atoms with van der Waals surface area (Å²) in [6, 6.07) is 4.21. The van der Waals surface area contributed by atoms with Gasteiger partial charge in [0.2, 0.25) is 0 Å². The molecule has 7 fully saturated rings. The SMILES string of the molecule is CC(C)(C)OC(=O)N1CCC2(CCC/C2=C\[C@H]2C[C@@H](n3ccc4c(N)ncnc43)[C@@H]3OC(C)(C)O[C@@H]32)CC1.CC(C)(C)OC(=O)N1CCC2(CCC=C2C[C@H]2C[C@@H](n3ccc4c(N)ncnc43)[C@@H]3OC(C)(C)O[C@H]23)CC1. The van der Waals surface area contributed by atoms with Gasteiger partial charge < -0.3 is 58.8 Å². The number of piperidine rings is 2. The highest BCUT2D eigenvalue weighted by atomic mass is 16.8. The van der Waals surface area contributed by atoms with Gasteiger partial charge in [0.25, 0.3) is 0 Å². The first-order chi connectivity index (χ1) is 35.9. The van der Waals surface area contributed by atoms with Crippen molar-refractivity contribution in [2.75, 3.05) is 37.6 Å². The van der Waals surface area contributed by atoms with Crippen LogP contribution in [0.3, 0.4) is 0 Å². The fraction of sp³-hybridized carbons (Fsp3) is 0.690. The van der Waals surface area contributed by atoms with Crippen LogP contribution in [0.5, 0.6) is 0 Å². The van der Waals surface area contributed by atoms with Crippen molar-refractivity contribution in [1.29, 1.82) is 0 Å². The highest BCUT2D eigenvalue weighted by Gasteiger charge is 2.57. The molecule has 4 aliphatic heterocycles. The Balaban J connectivity index is 0.000000162. The van der Waals surface area contributed by atoms with E-state index in [2.05, 4.69) is 53.6 Å². The Morgan fingerprint density at radius 2 is 1.14 bits per heavy atom. The van der Waals surface area contributed by atoms with Crippen LogP contribution in [0.1, 0.15) is 158 Å². The Morgan fingerprint density at radius 3 is 1.68 bits per heavy atom. The number of nitrogen functional groups attached to an aromatic ring is 2. The summed E-state index contributed by atoms with van der Waals surface area (Å²) in [6.07, 6.45) is 24.3. The summed E-state index contributed by atoms with van der Waals surface area (Å²) in [4.78, 5) is 46.5. The van der Waals surface area contributed by atoms with E-state index in [1.807, 2.05) is 91.2 Å². The van der Waals surface area contributed by atoms with E-state index < -0.39 is 22.8 Å². The summed E-state index contributed by atoms with van der Waals surface area (Å²) in [5.74, 6) is 0.333. The van der Waals surface area contributed by atoms with Crippen molar-refractivity contribution >= 4 is 45.9 Å². The maximum atomic E-state index is 12.7. The number of anilines is 2. The smallest absolute Gasteiger partial charge is 0.410 e. The fourth-order valence-corrected chi connectivity index (χ4v) is 14.5. The summed E-state index contributed by atoms with van der Waals surface area (Å²) < 4.78 is 41.8. The van der Waals surface area contributed by atoms with Crippen LogP contribution in [0.4, 0.5) is 21.2 Å². The standard InChI is InChI=1S/2C29H41N5O4/c2*1-27(2,3)38-26(35)33-13-10-29(11-14-33)9-6-7-19(29)15-18-16-21(23-22(18)36-28(4,5)37-23)34-12-8-20-24(30)31-17-32-25(20)34/h8,12,15,17-18,21-23H,6-7,9-11,13-14,16H2,1-5H3,(H2,30,31,32);7-8,12,17-18,21-23H,6,9-11,13-16H2,1-5H3,(H2,30,31,32)/b19-15+;/t2*18-,21+,22+,23-/m00/s1. The minimum absolute atomic E-state index is 0.0152. The second kappa shape index (κ2) is 19.3. The van der Waals surface area contributed by atoms with Crippen molar-refractivity contribution in [3.8, 4) is 0 Å². The quantitative estimate of drug-likeness (QED) is 0.178. The maximum Gasteiger partial charge on any atom is 0.410 e.